The molecule has 0 aliphatic carbocycles. The largest absolute Gasteiger partial charge is 0.351 e. The van der Waals surface area contributed by atoms with Crippen molar-refractivity contribution in [1.82, 2.24) is 15.5 Å². The van der Waals surface area contributed by atoms with Crippen LogP contribution in [0.5, 0.6) is 0 Å². The van der Waals surface area contributed by atoms with Crippen LogP contribution in [0.15, 0.2) is 9.85 Å². The smallest absolute Gasteiger partial charge is 0.318 e. The number of thioether (sulfide) groups is 1. The number of imide groups is 1. The number of primary amides is 1. The van der Waals surface area contributed by atoms with Gasteiger partial charge in [0.25, 0.3) is 0 Å². The third kappa shape index (κ3) is 3.30. The molecule has 6 nitrogen and oxygen atoms in total. The highest BCUT2D eigenvalue weighted by Gasteiger charge is 2.16. The zero-order valence-corrected chi connectivity index (χ0v) is 8.89. The highest BCUT2D eigenvalue weighted by molar-refractivity contribution is 8.02. The zero-order valence-electron chi connectivity index (χ0n) is 7.26. The van der Waals surface area contributed by atoms with Gasteiger partial charge in [-0.05, 0) is 6.92 Å². The van der Waals surface area contributed by atoms with Gasteiger partial charge in [0, 0.05) is 0 Å². The van der Waals surface area contributed by atoms with E-state index >= 15 is 0 Å². The number of urea groups is 1. The molecule has 0 aromatic carbocycles. The van der Waals surface area contributed by atoms with Crippen molar-refractivity contribution in [2.24, 2.45) is 5.73 Å². The minimum atomic E-state index is -0.847. The second-order valence-corrected chi connectivity index (χ2v) is 4.74. The van der Waals surface area contributed by atoms with Crippen LogP contribution >= 0.6 is 23.1 Å². The summed E-state index contributed by atoms with van der Waals surface area (Å²) in [5.41, 5.74) is 6.37. The average molecular weight is 232 g/mol. The van der Waals surface area contributed by atoms with Crippen LogP contribution in [0.4, 0.5) is 4.79 Å². The summed E-state index contributed by atoms with van der Waals surface area (Å²) in [6.07, 6.45) is 0. The number of rotatable bonds is 3. The standard InChI is InChI=1S/C6H8N4O2S2/c1-3(4(11)9-5(7)12)14-6-10-8-2-13-6/h2-3H,1H3,(H3,7,9,11,12). The van der Waals surface area contributed by atoms with Crippen molar-refractivity contribution in [3.8, 4) is 0 Å². The normalized spacial score (nSPS) is 12.1. The van der Waals surface area contributed by atoms with Gasteiger partial charge in [0.1, 0.15) is 5.51 Å². The molecule has 0 aliphatic heterocycles. The van der Waals surface area contributed by atoms with E-state index in [2.05, 4.69) is 10.2 Å². The number of amides is 3. The van der Waals surface area contributed by atoms with E-state index in [0.29, 0.717) is 4.34 Å². The maximum absolute atomic E-state index is 11.2. The lowest BCUT2D eigenvalue weighted by Crippen LogP contribution is -2.39. The number of hydrogen-bond acceptors (Lipinski definition) is 6. The molecule has 0 saturated heterocycles. The molecule has 8 heteroatoms. The van der Waals surface area contributed by atoms with E-state index in [9.17, 15) is 9.59 Å². The first-order valence-electron chi connectivity index (χ1n) is 3.62. The Bertz CT molecular complexity index is 327. The molecule has 1 rings (SSSR count). The Balaban J connectivity index is 2.46. The van der Waals surface area contributed by atoms with Crippen LogP contribution in [0.3, 0.4) is 0 Å². The summed E-state index contributed by atoms with van der Waals surface area (Å²) >= 11 is 2.56. The summed E-state index contributed by atoms with van der Waals surface area (Å²) in [6, 6.07) is -0.847. The van der Waals surface area contributed by atoms with Gasteiger partial charge in [-0.15, -0.1) is 10.2 Å². The van der Waals surface area contributed by atoms with Crippen molar-refractivity contribution < 1.29 is 9.59 Å². The van der Waals surface area contributed by atoms with E-state index in [1.165, 1.54) is 23.1 Å². The number of aromatic nitrogens is 2. The molecule has 0 spiro atoms. The quantitative estimate of drug-likeness (QED) is 0.726. The highest BCUT2D eigenvalue weighted by Crippen LogP contribution is 2.23. The molecule has 0 bridgehead atoms. The average Bonchev–Trinajstić information content (AvgIpc) is 2.55. The van der Waals surface area contributed by atoms with Crippen LogP contribution in [0.25, 0.3) is 0 Å². The lowest BCUT2D eigenvalue weighted by atomic mass is 10.4. The highest BCUT2D eigenvalue weighted by atomic mass is 32.2. The van der Waals surface area contributed by atoms with Gasteiger partial charge >= 0.3 is 6.03 Å². The molecule has 14 heavy (non-hydrogen) atoms. The molecule has 0 saturated carbocycles. The summed E-state index contributed by atoms with van der Waals surface area (Å²) in [5.74, 6) is -0.433. The molecule has 1 heterocycles. The van der Waals surface area contributed by atoms with Gasteiger partial charge in [-0.2, -0.15) is 0 Å². The Kier molecular flexibility index (Phi) is 3.84. The summed E-state index contributed by atoms with van der Waals surface area (Å²) in [4.78, 5) is 21.6. The molecule has 3 amide bonds. The molecular weight excluding hydrogens is 224 g/mol. The number of hydrogen-bond donors (Lipinski definition) is 2. The third-order valence-electron chi connectivity index (χ3n) is 1.23. The van der Waals surface area contributed by atoms with Crippen LogP contribution in [0, 0.1) is 0 Å². The van der Waals surface area contributed by atoms with Gasteiger partial charge in [0.2, 0.25) is 5.91 Å². The fraction of sp³-hybridized carbons (Fsp3) is 0.333. The molecule has 0 aliphatic rings. The monoisotopic (exact) mass is 232 g/mol. The van der Waals surface area contributed by atoms with Crippen LogP contribution in [0.1, 0.15) is 6.92 Å². The molecule has 1 atom stereocenters. The lowest BCUT2D eigenvalue weighted by Gasteiger charge is -2.06. The van der Waals surface area contributed by atoms with Crippen molar-refractivity contribution in [2.45, 2.75) is 16.5 Å². The van der Waals surface area contributed by atoms with E-state index < -0.39 is 17.2 Å². The summed E-state index contributed by atoms with van der Waals surface area (Å²) in [5, 5.41) is 8.94. The van der Waals surface area contributed by atoms with E-state index in [-0.39, 0.29) is 0 Å². The number of nitrogens with one attached hydrogen (secondary N) is 1. The SMILES string of the molecule is CC(Sc1nncs1)C(=O)NC(N)=O. The van der Waals surface area contributed by atoms with Crippen molar-refractivity contribution in [3.05, 3.63) is 5.51 Å². The maximum Gasteiger partial charge on any atom is 0.318 e. The van der Waals surface area contributed by atoms with Crippen LogP contribution in [0.2, 0.25) is 0 Å². The number of carbonyl (C=O) groups excluding carboxylic acids is 2. The number of carbonyl (C=O) groups is 2. The van der Waals surface area contributed by atoms with Gasteiger partial charge in [-0.25, -0.2) is 4.79 Å². The van der Waals surface area contributed by atoms with E-state index in [0.717, 1.165) is 0 Å². The molecule has 1 unspecified atom stereocenters. The molecule has 0 radical (unpaired) electrons. The van der Waals surface area contributed by atoms with Gasteiger partial charge in [0.05, 0.1) is 5.25 Å². The van der Waals surface area contributed by atoms with Crippen molar-refractivity contribution in [2.75, 3.05) is 0 Å². The molecule has 1 aromatic rings. The van der Waals surface area contributed by atoms with Crippen LogP contribution in [-0.2, 0) is 4.79 Å². The van der Waals surface area contributed by atoms with Gasteiger partial charge in [-0.3, -0.25) is 10.1 Å². The Labute approximate surface area is 88.3 Å². The second kappa shape index (κ2) is 4.91. The van der Waals surface area contributed by atoms with Crippen molar-refractivity contribution in [1.29, 1.82) is 0 Å². The van der Waals surface area contributed by atoms with E-state index in [1.807, 2.05) is 5.32 Å². The first kappa shape index (κ1) is 10.9. The van der Waals surface area contributed by atoms with Crippen molar-refractivity contribution in [3.63, 3.8) is 0 Å². The van der Waals surface area contributed by atoms with E-state index in [1.54, 1.807) is 12.4 Å². The van der Waals surface area contributed by atoms with Crippen LogP contribution < -0.4 is 11.1 Å². The first-order valence-corrected chi connectivity index (χ1v) is 5.38. The zero-order chi connectivity index (χ0) is 10.6. The number of nitrogens with two attached hydrogens (primary N) is 1. The fourth-order valence-corrected chi connectivity index (χ4v) is 2.27. The van der Waals surface area contributed by atoms with Crippen LogP contribution in [-0.4, -0.2) is 27.4 Å². The fourth-order valence-electron chi connectivity index (χ4n) is 0.642. The minimum absolute atomic E-state index is 0.421. The predicted molar refractivity (Wildman–Crippen MR) is 53.0 cm³/mol. The Morgan fingerprint density at radius 3 is 2.93 bits per heavy atom. The Morgan fingerprint density at radius 2 is 2.43 bits per heavy atom. The lowest BCUT2D eigenvalue weighted by molar-refractivity contribution is -0.119. The predicted octanol–water partition coefficient (Wildman–Crippen LogP) is 0.214. The minimum Gasteiger partial charge on any atom is -0.351 e. The maximum atomic E-state index is 11.2. The molecule has 0 fully saturated rings. The van der Waals surface area contributed by atoms with Gasteiger partial charge < -0.3 is 5.73 Å². The third-order valence-corrected chi connectivity index (χ3v) is 3.14. The molecule has 3 N–H and O–H groups in total. The number of nitrogens with zero attached hydrogens (tertiary/aromatic N) is 2. The Hall–Kier alpha value is -1.15. The summed E-state index contributed by atoms with van der Waals surface area (Å²) < 4.78 is 0.678. The van der Waals surface area contributed by atoms with Gasteiger partial charge in [-0.1, -0.05) is 23.1 Å². The second-order valence-electron chi connectivity index (χ2n) is 2.32. The van der Waals surface area contributed by atoms with Crippen molar-refractivity contribution >= 4 is 35.0 Å². The summed E-state index contributed by atoms with van der Waals surface area (Å²) in [6.45, 7) is 1.66. The first-order chi connectivity index (χ1) is 6.59. The Morgan fingerprint density at radius 1 is 1.71 bits per heavy atom. The molecule has 76 valence electrons. The van der Waals surface area contributed by atoms with Gasteiger partial charge in [0.15, 0.2) is 4.34 Å². The summed E-state index contributed by atoms with van der Waals surface area (Å²) in [7, 11) is 0. The van der Waals surface area contributed by atoms with E-state index in [4.69, 9.17) is 5.73 Å². The topological polar surface area (TPSA) is 98.0 Å². The molecular formula is C6H8N4O2S2. The molecule has 1 aromatic heterocycles.